The first-order chi connectivity index (χ1) is 10.8. The Morgan fingerprint density at radius 2 is 2.00 bits per heavy atom. The Balaban J connectivity index is 0.00000264. The summed E-state index contributed by atoms with van der Waals surface area (Å²) in [6.07, 6.45) is 1.01. The van der Waals surface area contributed by atoms with Gasteiger partial charge in [0.15, 0.2) is 5.96 Å². The molecule has 0 saturated carbocycles. The predicted molar refractivity (Wildman–Crippen MR) is 109 cm³/mol. The SMILES string of the molecule is CN=C(NCCOc1cccc(C)c1)NCCc1cccs1.I. The van der Waals surface area contributed by atoms with Crippen LogP contribution in [0.3, 0.4) is 0 Å². The Kier molecular flexibility index (Phi) is 9.70. The summed E-state index contributed by atoms with van der Waals surface area (Å²) in [4.78, 5) is 5.59. The van der Waals surface area contributed by atoms with E-state index in [1.165, 1.54) is 10.4 Å². The summed E-state index contributed by atoms with van der Waals surface area (Å²) >= 11 is 1.78. The monoisotopic (exact) mass is 445 g/mol. The molecule has 2 N–H and O–H groups in total. The third-order valence-corrected chi connectivity index (χ3v) is 4.06. The standard InChI is InChI=1S/C17H23N3OS.HI/c1-14-5-3-6-15(13-14)21-11-10-20-17(18-2)19-9-8-16-7-4-12-22-16;/h3-7,12-13H,8-11H2,1-2H3,(H2,18,19,20);1H. The molecule has 2 aromatic rings. The maximum atomic E-state index is 5.70. The number of aliphatic imine (C=N–C) groups is 1. The van der Waals surface area contributed by atoms with E-state index in [0.717, 1.165) is 24.7 Å². The maximum Gasteiger partial charge on any atom is 0.191 e. The second-order valence-corrected chi connectivity index (χ2v) is 5.95. The second-order valence-electron chi connectivity index (χ2n) is 4.92. The van der Waals surface area contributed by atoms with Gasteiger partial charge in [0.25, 0.3) is 0 Å². The van der Waals surface area contributed by atoms with Gasteiger partial charge in [-0.25, -0.2) is 0 Å². The summed E-state index contributed by atoms with van der Waals surface area (Å²) < 4.78 is 5.70. The van der Waals surface area contributed by atoms with Crippen LogP contribution in [0.4, 0.5) is 0 Å². The molecule has 4 nitrogen and oxygen atoms in total. The highest BCUT2D eigenvalue weighted by atomic mass is 127. The van der Waals surface area contributed by atoms with Gasteiger partial charge in [-0.1, -0.05) is 18.2 Å². The van der Waals surface area contributed by atoms with Crippen molar-refractivity contribution < 1.29 is 4.74 Å². The summed E-state index contributed by atoms with van der Waals surface area (Å²) in [5, 5.41) is 8.66. The lowest BCUT2D eigenvalue weighted by atomic mass is 10.2. The summed E-state index contributed by atoms with van der Waals surface area (Å²) in [5.74, 6) is 1.71. The topological polar surface area (TPSA) is 45.7 Å². The van der Waals surface area contributed by atoms with Crippen LogP contribution in [-0.2, 0) is 6.42 Å². The fourth-order valence-corrected chi connectivity index (χ4v) is 2.73. The first kappa shape index (κ1) is 19.8. The van der Waals surface area contributed by atoms with Crippen LogP contribution in [0.15, 0.2) is 46.8 Å². The van der Waals surface area contributed by atoms with Crippen LogP contribution in [0.2, 0.25) is 0 Å². The van der Waals surface area contributed by atoms with Gasteiger partial charge in [-0.15, -0.1) is 35.3 Å². The van der Waals surface area contributed by atoms with E-state index in [1.54, 1.807) is 18.4 Å². The van der Waals surface area contributed by atoms with Gasteiger partial charge in [0.1, 0.15) is 12.4 Å². The number of benzene rings is 1. The Morgan fingerprint density at radius 1 is 1.17 bits per heavy atom. The van der Waals surface area contributed by atoms with Gasteiger partial charge in [0, 0.05) is 18.5 Å². The molecule has 23 heavy (non-hydrogen) atoms. The highest BCUT2D eigenvalue weighted by molar-refractivity contribution is 14.0. The Hall–Kier alpha value is -1.28. The zero-order valence-corrected chi connectivity index (χ0v) is 16.7. The second kappa shape index (κ2) is 11.3. The molecule has 0 radical (unpaired) electrons. The lowest BCUT2D eigenvalue weighted by Crippen LogP contribution is -2.40. The van der Waals surface area contributed by atoms with Gasteiger partial charge in [-0.3, -0.25) is 4.99 Å². The molecule has 0 atom stereocenters. The van der Waals surface area contributed by atoms with Crippen molar-refractivity contribution in [3.63, 3.8) is 0 Å². The molecule has 0 aliphatic rings. The van der Waals surface area contributed by atoms with Gasteiger partial charge in [-0.2, -0.15) is 0 Å². The van der Waals surface area contributed by atoms with E-state index in [4.69, 9.17) is 4.74 Å². The molecule has 0 aliphatic carbocycles. The maximum absolute atomic E-state index is 5.70. The number of hydrogen-bond donors (Lipinski definition) is 2. The van der Waals surface area contributed by atoms with Crippen molar-refractivity contribution in [3.8, 4) is 5.75 Å². The number of nitrogens with zero attached hydrogens (tertiary/aromatic N) is 1. The Bertz CT molecular complexity index is 587. The summed E-state index contributed by atoms with van der Waals surface area (Å²) in [6, 6.07) is 12.3. The molecule has 0 spiro atoms. The first-order valence-corrected chi connectivity index (χ1v) is 8.32. The van der Waals surface area contributed by atoms with E-state index in [-0.39, 0.29) is 24.0 Å². The third-order valence-electron chi connectivity index (χ3n) is 3.12. The van der Waals surface area contributed by atoms with Gasteiger partial charge in [0.05, 0.1) is 6.54 Å². The van der Waals surface area contributed by atoms with E-state index in [2.05, 4.69) is 46.1 Å². The van der Waals surface area contributed by atoms with E-state index in [9.17, 15) is 0 Å². The van der Waals surface area contributed by atoms with Gasteiger partial charge in [0.2, 0.25) is 0 Å². The highest BCUT2D eigenvalue weighted by Crippen LogP contribution is 2.11. The molecular weight excluding hydrogens is 421 g/mol. The average molecular weight is 445 g/mol. The lowest BCUT2D eigenvalue weighted by molar-refractivity contribution is 0.321. The van der Waals surface area contributed by atoms with Crippen molar-refractivity contribution in [3.05, 3.63) is 52.2 Å². The molecule has 0 fully saturated rings. The normalized spacial score (nSPS) is 10.8. The first-order valence-electron chi connectivity index (χ1n) is 7.44. The number of thiophene rings is 1. The van der Waals surface area contributed by atoms with E-state index in [0.29, 0.717) is 13.2 Å². The average Bonchev–Trinajstić information content (AvgIpc) is 3.03. The Labute approximate surface area is 159 Å². The lowest BCUT2D eigenvalue weighted by Gasteiger charge is -2.12. The number of guanidine groups is 1. The van der Waals surface area contributed by atoms with Crippen molar-refractivity contribution in [1.82, 2.24) is 10.6 Å². The molecule has 126 valence electrons. The third kappa shape index (κ3) is 7.69. The van der Waals surface area contributed by atoms with E-state index in [1.807, 2.05) is 18.2 Å². The van der Waals surface area contributed by atoms with Gasteiger partial charge < -0.3 is 15.4 Å². The van der Waals surface area contributed by atoms with Crippen molar-refractivity contribution >= 4 is 41.3 Å². The predicted octanol–water partition coefficient (Wildman–Crippen LogP) is 3.46. The fourth-order valence-electron chi connectivity index (χ4n) is 2.02. The van der Waals surface area contributed by atoms with Crippen LogP contribution in [0, 0.1) is 6.92 Å². The van der Waals surface area contributed by atoms with Crippen molar-refractivity contribution in [1.29, 1.82) is 0 Å². The summed E-state index contributed by atoms with van der Waals surface area (Å²) in [7, 11) is 1.78. The van der Waals surface area contributed by atoms with Crippen LogP contribution >= 0.6 is 35.3 Å². The summed E-state index contributed by atoms with van der Waals surface area (Å²) in [5.41, 5.74) is 1.21. The minimum atomic E-state index is 0. The quantitative estimate of drug-likeness (QED) is 0.297. The number of ether oxygens (including phenoxy) is 1. The number of hydrogen-bond acceptors (Lipinski definition) is 3. The summed E-state index contributed by atoms with van der Waals surface area (Å²) in [6.45, 7) is 4.26. The molecule has 1 heterocycles. The van der Waals surface area contributed by atoms with Gasteiger partial charge in [-0.05, 0) is 42.5 Å². The smallest absolute Gasteiger partial charge is 0.191 e. The molecule has 0 unspecified atom stereocenters. The minimum absolute atomic E-state index is 0. The van der Waals surface area contributed by atoms with E-state index >= 15 is 0 Å². The molecule has 0 saturated heterocycles. The number of aryl methyl sites for hydroxylation is 1. The van der Waals surface area contributed by atoms with Crippen LogP contribution < -0.4 is 15.4 Å². The number of halogens is 1. The molecule has 0 aliphatic heterocycles. The fraction of sp³-hybridized carbons (Fsp3) is 0.353. The van der Waals surface area contributed by atoms with Crippen molar-refractivity contribution in [2.75, 3.05) is 26.7 Å². The molecular formula is C17H24IN3OS. The molecule has 2 rings (SSSR count). The molecule has 6 heteroatoms. The van der Waals surface area contributed by atoms with Crippen LogP contribution in [0.25, 0.3) is 0 Å². The zero-order chi connectivity index (χ0) is 15.6. The van der Waals surface area contributed by atoms with Crippen LogP contribution in [0.1, 0.15) is 10.4 Å². The zero-order valence-electron chi connectivity index (χ0n) is 13.5. The molecule has 0 bridgehead atoms. The molecule has 1 aromatic heterocycles. The number of nitrogens with one attached hydrogen (secondary N) is 2. The number of rotatable bonds is 7. The molecule has 0 amide bonds. The van der Waals surface area contributed by atoms with E-state index < -0.39 is 0 Å². The molecule has 1 aromatic carbocycles. The van der Waals surface area contributed by atoms with Gasteiger partial charge >= 0.3 is 0 Å². The van der Waals surface area contributed by atoms with Crippen LogP contribution in [-0.4, -0.2) is 32.7 Å². The van der Waals surface area contributed by atoms with Crippen LogP contribution in [0.5, 0.6) is 5.75 Å². The van der Waals surface area contributed by atoms with Crippen molar-refractivity contribution in [2.45, 2.75) is 13.3 Å². The largest absolute Gasteiger partial charge is 0.492 e. The van der Waals surface area contributed by atoms with Crippen molar-refractivity contribution in [2.24, 2.45) is 4.99 Å². The highest BCUT2D eigenvalue weighted by Gasteiger charge is 1.99. The minimum Gasteiger partial charge on any atom is -0.492 e. The Morgan fingerprint density at radius 3 is 2.70 bits per heavy atom.